The summed E-state index contributed by atoms with van der Waals surface area (Å²) in [4.78, 5) is 14.6. The zero-order valence-corrected chi connectivity index (χ0v) is 19.3. The van der Waals surface area contributed by atoms with Gasteiger partial charge in [-0.25, -0.2) is 17.5 Å². The molecule has 1 unspecified atom stereocenters. The summed E-state index contributed by atoms with van der Waals surface area (Å²) in [5.74, 6) is -1.14. The van der Waals surface area contributed by atoms with E-state index < -0.39 is 21.7 Å². The van der Waals surface area contributed by atoms with Crippen molar-refractivity contribution in [1.29, 1.82) is 0 Å². The summed E-state index contributed by atoms with van der Waals surface area (Å²) < 4.78 is 42.3. The molecule has 1 fully saturated rings. The maximum Gasteiger partial charge on any atom is 0.254 e. The van der Waals surface area contributed by atoms with Crippen LogP contribution in [0.1, 0.15) is 30.6 Å². The maximum absolute atomic E-state index is 14.2. The number of anilines is 1. The molecule has 2 N–H and O–H groups in total. The van der Waals surface area contributed by atoms with Crippen molar-refractivity contribution < 1.29 is 17.6 Å². The largest absolute Gasteiger partial charge is 0.371 e. The number of hydrogen-bond acceptors (Lipinski definition) is 4. The molecular weight excluding hydrogens is 473 g/mol. The van der Waals surface area contributed by atoms with Gasteiger partial charge in [0, 0.05) is 35.8 Å². The highest BCUT2D eigenvalue weighted by Gasteiger charge is 2.25. The molecule has 1 aliphatic heterocycles. The number of nitrogens with zero attached hydrogens (tertiary/aromatic N) is 1. The van der Waals surface area contributed by atoms with E-state index in [1.54, 1.807) is 13.8 Å². The molecule has 1 heterocycles. The molecule has 2 aromatic rings. The Morgan fingerprint density at radius 3 is 2.73 bits per heavy atom. The van der Waals surface area contributed by atoms with Gasteiger partial charge in [0.25, 0.3) is 5.91 Å². The number of carbonyl (C=O) groups is 1. The standard InChI is InChI=1S/C21H25BrFN3O3S/c1-14(2)25-30(28,29)18-6-7-20(23)19(11-18)21(27)24-12-15-8-9-26(13-15)17-5-3-4-16(22)10-17/h3-7,10-11,14-15,25H,8-9,12-13H2,1-2H3,(H,24,27). The van der Waals surface area contributed by atoms with Gasteiger partial charge in [-0.3, -0.25) is 4.79 Å². The molecule has 30 heavy (non-hydrogen) atoms. The Morgan fingerprint density at radius 1 is 1.27 bits per heavy atom. The van der Waals surface area contributed by atoms with Gasteiger partial charge < -0.3 is 10.2 Å². The highest BCUT2D eigenvalue weighted by molar-refractivity contribution is 9.10. The van der Waals surface area contributed by atoms with Gasteiger partial charge in [0.05, 0.1) is 10.5 Å². The third kappa shape index (κ3) is 5.59. The number of hydrogen-bond donors (Lipinski definition) is 2. The summed E-state index contributed by atoms with van der Waals surface area (Å²) in [6, 6.07) is 11.0. The van der Waals surface area contributed by atoms with Crippen LogP contribution in [0.4, 0.5) is 10.1 Å². The molecule has 2 aromatic carbocycles. The van der Waals surface area contributed by atoms with Crippen LogP contribution in [0.2, 0.25) is 0 Å². The van der Waals surface area contributed by atoms with Crippen LogP contribution >= 0.6 is 15.9 Å². The first kappa shape index (κ1) is 22.7. The highest BCUT2D eigenvalue weighted by atomic mass is 79.9. The average molecular weight is 498 g/mol. The Kier molecular flexibility index (Phi) is 7.15. The molecule has 0 bridgehead atoms. The lowest BCUT2D eigenvalue weighted by atomic mass is 10.1. The van der Waals surface area contributed by atoms with E-state index in [0.717, 1.165) is 47.9 Å². The smallest absolute Gasteiger partial charge is 0.254 e. The van der Waals surface area contributed by atoms with Crippen molar-refractivity contribution in [2.24, 2.45) is 5.92 Å². The average Bonchev–Trinajstić information content (AvgIpc) is 3.14. The minimum absolute atomic E-state index is 0.135. The fraction of sp³-hybridized carbons (Fsp3) is 0.381. The number of benzene rings is 2. The zero-order chi connectivity index (χ0) is 21.9. The molecule has 6 nitrogen and oxygen atoms in total. The van der Waals surface area contributed by atoms with Crippen LogP contribution in [0.5, 0.6) is 0 Å². The number of sulfonamides is 1. The zero-order valence-electron chi connectivity index (χ0n) is 16.9. The van der Waals surface area contributed by atoms with Gasteiger partial charge in [-0.05, 0) is 62.6 Å². The van der Waals surface area contributed by atoms with Crippen LogP contribution < -0.4 is 14.9 Å². The summed E-state index contributed by atoms with van der Waals surface area (Å²) >= 11 is 3.47. The van der Waals surface area contributed by atoms with E-state index in [0.29, 0.717) is 6.54 Å². The van der Waals surface area contributed by atoms with Gasteiger partial charge in [-0.2, -0.15) is 0 Å². The molecule has 1 atom stereocenters. The van der Waals surface area contributed by atoms with Crippen LogP contribution in [0.3, 0.4) is 0 Å². The van der Waals surface area contributed by atoms with Crippen LogP contribution in [-0.2, 0) is 10.0 Å². The second kappa shape index (κ2) is 9.45. The lowest BCUT2D eigenvalue weighted by molar-refractivity contribution is 0.0944. The molecule has 0 spiro atoms. The lowest BCUT2D eigenvalue weighted by Crippen LogP contribution is -2.32. The summed E-state index contributed by atoms with van der Waals surface area (Å²) in [5, 5.41) is 2.75. The predicted molar refractivity (Wildman–Crippen MR) is 119 cm³/mol. The predicted octanol–water partition coefficient (Wildman–Crippen LogP) is 3.53. The molecule has 3 rings (SSSR count). The Balaban J connectivity index is 1.63. The van der Waals surface area contributed by atoms with Crippen molar-refractivity contribution in [3.8, 4) is 0 Å². The Bertz CT molecular complexity index is 1030. The van der Waals surface area contributed by atoms with Crippen molar-refractivity contribution in [2.75, 3.05) is 24.5 Å². The lowest BCUT2D eigenvalue weighted by Gasteiger charge is -2.19. The number of rotatable bonds is 7. The fourth-order valence-corrected chi connectivity index (χ4v) is 5.13. The second-order valence-electron chi connectivity index (χ2n) is 7.71. The number of carbonyl (C=O) groups excluding carboxylic acids is 1. The molecule has 162 valence electrons. The summed E-state index contributed by atoms with van der Waals surface area (Å²) in [5.41, 5.74) is 0.836. The molecule has 9 heteroatoms. The second-order valence-corrected chi connectivity index (χ2v) is 10.3. The summed E-state index contributed by atoms with van der Waals surface area (Å²) in [7, 11) is -3.81. The van der Waals surface area contributed by atoms with Gasteiger partial charge in [0.2, 0.25) is 10.0 Å². The van der Waals surface area contributed by atoms with Crippen molar-refractivity contribution in [2.45, 2.75) is 31.2 Å². The molecular formula is C21H25BrFN3O3S. The third-order valence-electron chi connectivity index (χ3n) is 4.89. The van der Waals surface area contributed by atoms with E-state index in [1.807, 2.05) is 24.3 Å². The summed E-state index contributed by atoms with van der Waals surface area (Å²) in [6.45, 7) is 5.43. The van der Waals surface area contributed by atoms with Crippen molar-refractivity contribution in [3.05, 3.63) is 58.3 Å². The van der Waals surface area contributed by atoms with Crippen molar-refractivity contribution in [3.63, 3.8) is 0 Å². The Labute approximate surface area is 185 Å². The first-order valence-electron chi connectivity index (χ1n) is 9.76. The van der Waals surface area contributed by atoms with E-state index in [1.165, 1.54) is 0 Å². The van der Waals surface area contributed by atoms with Gasteiger partial charge >= 0.3 is 0 Å². The van der Waals surface area contributed by atoms with E-state index in [-0.39, 0.29) is 22.4 Å². The molecule has 0 radical (unpaired) electrons. The van der Waals surface area contributed by atoms with Crippen LogP contribution in [-0.4, -0.2) is 40.0 Å². The Hall–Kier alpha value is -1.97. The highest BCUT2D eigenvalue weighted by Crippen LogP contribution is 2.26. The molecule has 0 aliphatic carbocycles. The number of amides is 1. The quantitative estimate of drug-likeness (QED) is 0.613. The third-order valence-corrected chi connectivity index (χ3v) is 7.04. The van der Waals surface area contributed by atoms with E-state index in [2.05, 4.69) is 30.9 Å². The van der Waals surface area contributed by atoms with Crippen LogP contribution in [0, 0.1) is 11.7 Å². The molecule has 1 aliphatic rings. The van der Waals surface area contributed by atoms with Gasteiger partial charge in [0.1, 0.15) is 5.82 Å². The first-order valence-corrected chi connectivity index (χ1v) is 12.0. The van der Waals surface area contributed by atoms with Crippen LogP contribution in [0.25, 0.3) is 0 Å². The first-order chi connectivity index (χ1) is 14.2. The van der Waals surface area contributed by atoms with Crippen LogP contribution in [0.15, 0.2) is 51.8 Å². The van der Waals surface area contributed by atoms with Gasteiger partial charge in [-0.15, -0.1) is 0 Å². The summed E-state index contributed by atoms with van der Waals surface area (Å²) in [6.07, 6.45) is 0.905. The fourth-order valence-electron chi connectivity index (χ4n) is 3.46. The van der Waals surface area contributed by atoms with Gasteiger partial charge in [0.15, 0.2) is 0 Å². The maximum atomic E-state index is 14.2. The van der Waals surface area contributed by atoms with Gasteiger partial charge in [-0.1, -0.05) is 22.0 Å². The van der Waals surface area contributed by atoms with Crippen molar-refractivity contribution in [1.82, 2.24) is 10.0 Å². The molecule has 1 amide bonds. The normalized spacial score (nSPS) is 16.8. The number of nitrogens with one attached hydrogen (secondary N) is 2. The van der Waals surface area contributed by atoms with Crippen molar-refractivity contribution >= 4 is 37.5 Å². The van der Waals surface area contributed by atoms with E-state index in [9.17, 15) is 17.6 Å². The minimum atomic E-state index is -3.81. The topological polar surface area (TPSA) is 78.5 Å². The monoisotopic (exact) mass is 497 g/mol. The van der Waals surface area contributed by atoms with E-state index in [4.69, 9.17) is 0 Å². The molecule has 1 saturated heterocycles. The SMILES string of the molecule is CC(C)NS(=O)(=O)c1ccc(F)c(C(=O)NCC2CCN(c3cccc(Br)c3)C2)c1. The minimum Gasteiger partial charge on any atom is -0.371 e. The molecule has 0 aromatic heterocycles. The number of halogens is 2. The molecule has 0 saturated carbocycles. The van der Waals surface area contributed by atoms with E-state index >= 15 is 0 Å². The Morgan fingerprint density at radius 2 is 2.03 bits per heavy atom.